The summed E-state index contributed by atoms with van der Waals surface area (Å²) in [6.45, 7) is 2.66. The fourth-order valence-corrected chi connectivity index (χ4v) is 1.09. The van der Waals surface area contributed by atoms with Crippen LogP contribution in [0.5, 0.6) is 0 Å². The molecular formula is C9H20N2O2. The minimum atomic E-state index is -0.548. The Morgan fingerprint density at radius 1 is 1.23 bits per heavy atom. The highest BCUT2D eigenvalue weighted by Crippen LogP contribution is 2.04. The van der Waals surface area contributed by atoms with Crippen LogP contribution in [0.2, 0.25) is 0 Å². The fraction of sp³-hybridized carbons (Fsp3) is 0.889. The van der Waals surface area contributed by atoms with E-state index in [2.05, 4.69) is 6.92 Å². The molecule has 4 heteroatoms. The molecule has 0 saturated heterocycles. The zero-order valence-corrected chi connectivity index (χ0v) is 8.34. The van der Waals surface area contributed by atoms with E-state index < -0.39 is 6.09 Å². The summed E-state index contributed by atoms with van der Waals surface area (Å²) >= 11 is 0. The molecule has 0 aliphatic heterocycles. The van der Waals surface area contributed by atoms with Crippen molar-refractivity contribution in [3.8, 4) is 0 Å². The first-order valence-corrected chi connectivity index (χ1v) is 4.94. The van der Waals surface area contributed by atoms with E-state index in [-0.39, 0.29) is 0 Å². The minimum Gasteiger partial charge on any atom is -0.449 e. The van der Waals surface area contributed by atoms with Crippen LogP contribution in [-0.4, -0.2) is 12.7 Å². The lowest BCUT2D eigenvalue weighted by Gasteiger charge is -2.02. The van der Waals surface area contributed by atoms with Crippen molar-refractivity contribution >= 4 is 6.09 Å². The van der Waals surface area contributed by atoms with Gasteiger partial charge >= 0.3 is 6.09 Å². The summed E-state index contributed by atoms with van der Waals surface area (Å²) in [5, 5.41) is 0. The number of hydrazine groups is 1. The van der Waals surface area contributed by atoms with Crippen LogP contribution >= 0.6 is 0 Å². The molecule has 0 aromatic carbocycles. The molecule has 13 heavy (non-hydrogen) atoms. The molecule has 0 aromatic rings. The highest BCUT2D eigenvalue weighted by atomic mass is 16.5. The number of unbranched alkanes of at least 4 members (excludes halogenated alkanes) is 5. The molecule has 0 bridgehead atoms. The third kappa shape index (κ3) is 9.14. The van der Waals surface area contributed by atoms with Crippen LogP contribution in [0.3, 0.4) is 0 Å². The quantitative estimate of drug-likeness (QED) is 0.278. The molecule has 1 amide bonds. The van der Waals surface area contributed by atoms with Gasteiger partial charge in [0.1, 0.15) is 0 Å². The lowest BCUT2D eigenvalue weighted by molar-refractivity contribution is 0.144. The number of nitrogens with one attached hydrogen (secondary N) is 1. The number of carbonyl (C=O) groups excluding carboxylic acids is 1. The molecule has 0 radical (unpaired) electrons. The van der Waals surface area contributed by atoms with Crippen molar-refractivity contribution in [3.63, 3.8) is 0 Å². The van der Waals surface area contributed by atoms with Crippen molar-refractivity contribution in [3.05, 3.63) is 0 Å². The van der Waals surface area contributed by atoms with E-state index >= 15 is 0 Å². The topological polar surface area (TPSA) is 64.3 Å². The molecular weight excluding hydrogens is 168 g/mol. The molecule has 4 nitrogen and oxygen atoms in total. The molecule has 78 valence electrons. The van der Waals surface area contributed by atoms with E-state index in [0.717, 1.165) is 12.8 Å². The molecule has 0 heterocycles. The second-order valence-corrected chi connectivity index (χ2v) is 3.05. The Morgan fingerprint density at radius 3 is 2.46 bits per heavy atom. The van der Waals surface area contributed by atoms with Crippen LogP contribution in [-0.2, 0) is 4.74 Å². The summed E-state index contributed by atoms with van der Waals surface area (Å²) in [5.74, 6) is 4.83. The third-order valence-corrected chi connectivity index (χ3v) is 1.85. The fourth-order valence-electron chi connectivity index (χ4n) is 1.09. The van der Waals surface area contributed by atoms with Crippen LogP contribution in [0.1, 0.15) is 45.4 Å². The van der Waals surface area contributed by atoms with E-state index in [0.29, 0.717) is 6.61 Å². The predicted octanol–water partition coefficient (Wildman–Crippen LogP) is 1.95. The maximum Gasteiger partial charge on any atom is 0.421 e. The summed E-state index contributed by atoms with van der Waals surface area (Å²) in [7, 11) is 0. The summed E-state index contributed by atoms with van der Waals surface area (Å²) in [6.07, 6.45) is 6.56. The summed E-state index contributed by atoms with van der Waals surface area (Å²) < 4.78 is 4.72. The number of hydrogen-bond acceptors (Lipinski definition) is 3. The Balaban J connectivity index is 2.95. The van der Waals surface area contributed by atoms with E-state index in [1.54, 1.807) is 0 Å². The number of hydrogen-bond donors (Lipinski definition) is 2. The van der Waals surface area contributed by atoms with Gasteiger partial charge in [-0.2, -0.15) is 0 Å². The van der Waals surface area contributed by atoms with Crippen molar-refractivity contribution in [2.45, 2.75) is 45.4 Å². The average Bonchev–Trinajstić information content (AvgIpc) is 2.16. The molecule has 0 atom stereocenters. The maximum absolute atomic E-state index is 10.5. The minimum absolute atomic E-state index is 0.467. The number of carbonyl (C=O) groups is 1. The molecule has 0 saturated carbocycles. The van der Waals surface area contributed by atoms with Gasteiger partial charge in [0, 0.05) is 0 Å². The summed E-state index contributed by atoms with van der Waals surface area (Å²) in [4.78, 5) is 10.5. The van der Waals surface area contributed by atoms with Crippen molar-refractivity contribution in [1.29, 1.82) is 0 Å². The van der Waals surface area contributed by atoms with Crippen LogP contribution in [0.25, 0.3) is 0 Å². The Hall–Kier alpha value is -0.770. The Labute approximate surface area is 79.8 Å². The van der Waals surface area contributed by atoms with Crippen LogP contribution < -0.4 is 11.3 Å². The van der Waals surface area contributed by atoms with Gasteiger partial charge in [-0.25, -0.2) is 10.6 Å². The van der Waals surface area contributed by atoms with Crippen molar-refractivity contribution in [2.75, 3.05) is 6.61 Å². The van der Waals surface area contributed by atoms with Crippen molar-refractivity contribution in [1.82, 2.24) is 5.43 Å². The van der Waals surface area contributed by atoms with E-state index in [4.69, 9.17) is 10.6 Å². The summed E-state index contributed by atoms with van der Waals surface area (Å²) in [5.41, 5.74) is 1.92. The molecule has 0 rings (SSSR count). The van der Waals surface area contributed by atoms with E-state index in [1.807, 2.05) is 5.43 Å². The number of ether oxygens (including phenoxy) is 1. The Bertz CT molecular complexity index is 129. The normalized spacial score (nSPS) is 9.69. The van der Waals surface area contributed by atoms with Gasteiger partial charge in [0.25, 0.3) is 0 Å². The Morgan fingerprint density at radius 2 is 1.85 bits per heavy atom. The van der Waals surface area contributed by atoms with Crippen LogP contribution in [0.15, 0.2) is 0 Å². The molecule has 0 spiro atoms. The molecule has 0 aliphatic carbocycles. The third-order valence-electron chi connectivity index (χ3n) is 1.85. The van der Waals surface area contributed by atoms with Crippen molar-refractivity contribution < 1.29 is 9.53 Å². The molecule has 0 aromatic heterocycles. The van der Waals surface area contributed by atoms with Crippen LogP contribution in [0, 0.1) is 0 Å². The van der Waals surface area contributed by atoms with Gasteiger partial charge < -0.3 is 4.74 Å². The molecule has 0 aliphatic rings. The van der Waals surface area contributed by atoms with Gasteiger partial charge in [-0.1, -0.05) is 39.0 Å². The smallest absolute Gasteiger partial charge is 0.421 e. The van der Waals surface area contributed by atoms with Gasteiger partial charge in [-0.3, -0.25) is 5.43 Å². The highest BCUT2D eigenvalue weighted by molar-refractivity contribution is 5.66. The van der Waals surface area contributed by atoms with Crippen molar-refractivity contribution in [2.24, 2.45) is 5.84 Å². The van der Waals surface area contributed by atoms with Gasteiger partial charge in [-0.05, 0) is 6.42 Å². The SMILES string of the molecule is CCCCCCCCOC(=O)NN. The largest absolute Gasteiger partial charge is 0.449 e. The number of rotatable bonds is 7. The first kappa shape index (κ1) is 12.2. The lowest BCUT2D eigenvalue weighted by Crippen LogP contribution is -2.30. The summed E-state index contributed by atoms with van der Waals surface area (Å²) in [6, 6.07) is 0. The molecule has 3 N–H and O–H groups in total. The van der Waals surface area contributed by atoms with Gasteiger partial charge in [0.15, 0.2) is 0 Å². The predicted molar refractivity (Wildman–Crippen MR) is 52.0 cm³/mol. The number of amides is 1. The monoisotopic (exact) mass is 188 g/mol. The highest BCUT2D eigenvalue weighted by Gasteiger charge is 1.96. The first-order valence-electron chi connectivity index (χ1n) is 4.94. The lowest BCUT2D eigenvalue weighted by atomic mass is 10.1. The van der Waals surface area contributed by atoms with Gasteiger partial charge in [0.05, 0.1) is 6.61 Å². The average molecular weight is 188 g/mol. The van der Waals surface area contributed by atoms with E-state index in [9.17, 15) is 4.79 Å². The second-order valence-electron chi connectivity index (χ2n) is 3.05. The zero-order valence-electron chi connectivity index (χ0n) is 8.34. The standard InChI is InChI=1S/C9H20N2O2/c1-2-3-4-5-6-7-8-13-9(12)11-10/h2-8,10H2,1H3,(H,11,12). The van der Waals surface area contributed by atoms with Gasteiger partial charge in [-0.15, -0.1) is 0 Å². The molecule has 0 unspecified atom stereocenters. The van der Waals surface area contributed by atoms with Gasteiger partial charge in [0.2, 0.25) is 0 Å². The van der Waals surface area contributed by atoms with Crippen LogP contribution in [0.4, 0.5) is 4.79 Å². The maximum atomic E-state index is 10.5. The first-order chi connectivity index (χ1) is 6.31. The molecule has 0 fully saturated rings. The Kier molecular flexibility index (Phi) is 8.77. The number of nitrogens with two attached hydrogens (primary N) is 1. The zero-order chi connectivity index (χ0) is 9.94. The second kappa shape index (κ2) is 9.32. The van der Waals surface area contributed by atoms with E-state index in [1.165, 1.54) is 25.7 Å².